The minimum atomic E-state index is -0.801. The number of amides is 1. The molecule has 2 fully saturated rings. The molecule has 15 rings (SSSR count). The number of piperidine rings is 1. The third-order valence-corrected chi connectivity index (χ3v) is 21.1. The van der Waals surface area contributed by atoms with Gasteiger partial charge in [0.05, 0.1) is 63.1 Å². The maximum atomic E-state index is 12.4. The average molecular weight is 1580 g/mol. The minimum Gasteiger partial charge on any atom is -0.481 e. The van der Waals surface area contributed by atoms with Crippen molar-refractivity contribution in [2.24, 2.45) is 11.7 Å². The molecule has 0 bridgehead atoms. The zero-order chi connectivity index (χ0) is 82.9. The normalized spacial score (nSPS) is 14.4. The Morgan fingerprint density at radius 1 is 0.483 bits per heavy atom. The SMILES string of the molecule is CC(=O)Nc1ccc(NCCn2c3nc(=O)[nH]c(=O)c-3nc3cc(C)c(C)cc32)cc1.CCOC(=O)C1CCCN(CCn2c3nc(=O)[nH]c(=O)c-3nc3cc(C)c(C)cc32)C1.Cc1cc2nc3c(=O)[nH]c(=O)nc-3n(CCN3CCC[C@H]3CC(=O)O)c2cc1C.Cc1cc2nc3c(=O)[nH]c(=O)nc-3n(CCNCCCN)c2cc1C. The van der Waals surface area contributed by atoms with Crippen LogP contribution in [0.4, 0.5) is 11.4 Å². The molecule has 10 N–H and O–H groups in total. The number of nitrogens with two attached hydrogens (primary N) is 1. The maximum Gasteiger partial charge on any atom is 0.349 e. The van der Waals surface area contributed by atoms with Crippen LogP contribution in [0.5, 0.6) is 0 Å². The number of nitrogens with one attached hydrogen (secondary N) is 7. The molecule has 0 spiro atoms. The summed E-state index contributed by atoms with van der Waals surface area (Å²) in [5.41, 5.74) is 17.4. The van der Waals surface area contributed by atoms with Crippen LogP contribution in [0.2, 0.25) is 0 Å². The topological polar surface area (TPSA) is 472 Å². The average Bonchev–Trinajstić information content (AvgIpc) is 0.868. The summed E-state index contributed by atoms with van der Waals surface area (Å²) in [6.45, 7) is 28.0. The van der Waals surface area contributed by atoms with Gasteiger partial charge in [-0.1, -0.05) is 0 Å². The van der Waals surface area contributed by atoms with Crippen LogP contribution in [-0.4, -0.2) is 182 Å². The monoisotopic (exact) mass is 1580 g/mol. The lowest BCUT2D eigenvalue weighted by atomic mass is 9.98. The Balaban J connectivity index is 0.000000143. The molecule has 2 saturated heterocycles. The molecule has 2 atom stereocenters. The van der Waals surface area contributed by atoms with Crippen LogP contribution in [0, 0.1) is 61.3 Å². The van der Waals surface area contributed by atoms with E-state index in [1.54, 1.807) is 0 Å². The van der Waals surface area contributed by atoms with Crippen LogP contribution in [0.15, 0.2) is 111 Å². The number of ether oxygens (including phenoxy) is 1. The van der Waals surface area contributed by atoms with E-state index >= 15 is 0 Å². The van der Waals surface area contributed by atoms with Gasteiger partial charge in [-0.05, 0) is 238 Å². The third kappa shape index (κ3) is 19.0. The summed E-state index contributed by atoms with van der Waals surface area (Å²) in [6.07, 6.45) is 4.58. The van der Waals surface area contributed by atoms with Gasteiger partial charge in [0, 0.05) is 83.2 Å². The fourth-order valence-electron chi connectivity index (χ4n) is 14.6. The Hall–Kier alpha value is -12.7. The van der Waals surface area contributed by atoms with E-state index in [-0.39, 0.29) is 70.5 Å². The molecule has 0 aliphatic carbocycles. The Morgan fingerprint density at radius 3 is 1.26 bits per heavy atom. The summed E-state index contributed by atoms with van der Waals surface area (Å²) in [5.74, 6) is -0.0907. The van der Waals surface area contributed by atoms with Gasteiger partial charge in [0.25, 0.3) is 22.2 Å². The van der Waals surface area contributed by atoms with Crippen molar-refractivity contribution in [1.29, 1.82) is 0 Å². The molecular weight excluding hydrogens is 1490 g/mol. The number of aromatic amines is 4. The number of benzene rings is 5. The highest BCUT2D eigenvalue weighted by Crippen LogP contribution is 2.30. The van der Waals surface area contributed by atoms with Crippen LogP contribution < -0.4 is 66.7 Å². The number of hydrogen-bond acceptors (Lipinski definition) is 25. The van der Waals surface area contributed by atoms with E-state index in [2.05, 4.69) is 85.6 Å². The quantitative estimate of drug-likeness (QED) is 0.0259. The number of aromatic nitrogens is 16. The van der Waals surface area contributed by atoms with Crippen molar-refractivity contribution in [1.82, 2.24) is 93.2 Å². The summed E-state index contributed by atoms with van der Waals surface area (Å²) in [6, 6.07) is 23.1. The molecule has 35 nitrogen and oxygen atoms in total. The molecule has 0 saturated carbocycles. The number of likely N-dealkylation sites (tertiary alicyclic amines) is 2. The zero-order valence-corrected chi connectivity index (χ0v) is 66.4. The van der Waals surface area contributed by atoms with E-state index < -0.39 is 51.0 Å². The fourth-order valence-corrected chi connectivity index (χ4v) is 14.6. The molecule has 1 unspecified atom stereocenters. The standard InChI is InChI=1S/C22H22N6O3.C22H27N5O4.C20H23N5O4.C17H22N6O2/c1-12-10-17-18(11-13(12)2)28(20-19(25-17)21(30)27-22(31)26-20)9-8-23-15-4-6-16(7-5-15)24-14(3)29;1-4-31-21(29)15-6-5-7-26(12-15)8-9-27-17-11-14(3)13(2)10-16(17)23-18-19(27)24-22(30)25-20(18)28;1-11-8-14-15(9-12(11)2)25(18-17(21-14)19(28)23-20(29)22-18)7-6-24-5-3-4-13(24)10-16(26)27;1-10-8-12-13(9-11(10)2)23(7-6-19-5-3-4-18)15-14(20-12)16(24)22-17(25)21-15/h4-7,10-11,23H,8-9H2,1-3H3,(H,24,29)(H,27,30,31);10-11,15H,4-9,12H2,1-3H3,(H,25,28,30);8-9,13H,3-7,10H2,1-2H3,(H,26,27)(H,23,28,29);8-9,19H,3-7,18H2,1-2H3,(H,22,24,25)/t;;13-;/m..0./s1. The highest BCUT2D eigenvalue weighted by atomic mass is 16.5. The van der Waals surface area contributed by atoms with Crippen LogP contribution in [0.3, 0.4) is 0 Å². The number of anilines is 2. The molecule has 35 heteroatoms. The minimum absolute atomic E-state index is 0.00266. The molecule has 606 valence electrons. The zero-order valence-electron chi connectivity index (χ0n) is 66.4. The molecule has 0 aromatic heterocycles. The molecule has 10 heterocycles. The van der Waals surface area contributed by atoms with Crippen molar-refractivity contribution in [3.05, 3.63) is 201 Å². The van der Waals surface area contributed by atoms with Crippen molar-refractivity contribution in [2.45, 2.75) is 140 Å². The predicted octanol–water partition coefficient (Wildman–Crippen LogP) is 5.03. The molecule has 1 amide bonds. The maximum absolute atomic E-state index is 12.4. The van der Waals surface area contributed by atoms with Gasteiger partial charge >= 0.3 is 34.7 Å². The summed E-state index contributed by atoms with van der Waals surface area (Å²) in [5, 5.41) is 18.5. The number of nitrogens with zero attached hydrogens (tertiary/aromatic N) is 14. The number of carboxylic acid groups (broad SMARTS) is 1. The highest BCUT2D eigenvalue weighted by molar-refractivity contribution is 5.89. The first-order valence-corrected chi connectivity index (χ1v) is 38.6. The molecule has 5 aromatic carbocycles. The van der Waals surface area contributed by atoms with E-state index in [0.717, 1.165) is 130 Å². The lowest BCUT2D eigenvalue weighted by Gasteiger charge is -2.32. The van der Waals surface area contributed by atoms with E-state index in [4.69, 9.17) is 15.6 Å². The lowest BCUT2D eigenvalue weighted by Crippen LogP contribution is -2.41. The Kier molecular flexibility index (Phi) is 25.8. The third-order valence-electron chi connectivity index (χ3n) is 21.1. The largest absolute Gasteiger partial charge is 0.481 e. The molecule has 116 heavy (non-hydrogen) atoms. The summed E-state index contributed by atoms with van der Waals surface area (Å²) in [7, 11) is 0. The summed E-state index contributed by atoms with van der Waals surface area (Å²) >= 11 is 0. The lowest BCUT2D eigenvalue weighted by molar-refractivity contribution is -0.150. The molecule has 10 aliphatic heterocycles. The molecule has 5 aromatic rings. The van der Waals surface area contributed by atoms with Gasteiger partial charge in [0.15, 0.2) is 46.1 Å². The van der Waals surface area contributed by atoms with Gasteiger partial charge in [-0.25, -0.2) is 39.1 Å². The first-order chi connectivity index (χ1) is 55.5. The number of carbonyl (C=O) groups is 3. The molecule has 0 radical (unpaired) electrons. The Bertz CT molecular complexity index is 6260. The van der Waals surface area contributed by atoms with Crippen molar-refractivity contribution >= 4 is 73.4 Å². The van der Waals surface area contributed by atoms with E-state index in [9.17, 15) is 52.7 Å². The first-order valence-electron chi connectivity index (χ1n) is 38.6. The van der Waals surface area contributed by atoms with Crippen LogP contribution in [-0.2, 0) is 45.3 Å². The second kappa shape index (κ2) is 36.2. The first kappa shape index (κ1) is 82.7. The van der Waals surface area contributed by atoms with Crippen LogP contribution >= 0.6 is 0 Å². The van der Waals surface area contributed by atoms with E-state index in [1.807, 2.05) is 153 Å². The van der Waals surface area contributed by atoms with E-state index in [1.165, 1.54) is 6.92 Å². The highest BCUT2D eigenvalue weighted by Gasteiger charge is 2.31. The smallest absolute Gasteiger partial charge is 0.349 e. The van der Waals surface area contributed by atoms with Gasteiger partial charge in [0.1, 0.15) is 0 Å². The number of esters is 1. The second-order valence-electron chi connectivity index (χ2n) is 29.3. The van der Waals surface area contributed by atoms with Crippen molar-refractivity contribution < 1.29 is 24.2 Å². The number of carboxylic acids is 1. The van der Waals surface area contributed by atoms with Gasteiger partial charge in [-0.2, -0.15) is 19.9 Å². The van der Waals surface area contributed by atoms with Crippen LogP contribution in [0.1, 0.15) is 96.9 Å². The summed E-state index contributed by atoms with van der Waals surface area (Å²) in [4.78, 5) is 178. The van der Waals surface area contributed by atoms with Gasteiger partial charge in [0.2, 0.25) is 5.91 Å². The van der Waals surface area contributed by atoms with E-state index in [0.29, 0.717) is 99.9 Å². The predicted molar refractivity (Wildman–Crippen MR) is 440 cm³/mol. The number of H-pyrrole nitrogens is 4. The number of carbonyl (C=O) groups excluding carboxylic acids is 2. The van der Waals surface area contributed by atoms with Crippen LogP contribution in [0.25, 0.3) is 90.2 Å². The van der Waals surface area contributed by atoms with Gasteiger partial charge in [-0.15, -0.1) is 0 Å². The van der Waals surface area contributed by atoms with Crippen molar-refractivity contribution in [3.63, 3.8) is 0 Å². The number of hydrogen-bond donors (Lipinski definition) is 9. The Labute approximate surface area is 662 Å². The molecular formula is C81H94N22O13. The number of rotatable bonds is 21. The number of aliphatic carboxylic acids is 1. The van der Waals surface area contributed by atoms with Gasteiger partial charge < -0.3 is 54.7 Å². The number of fused-ring (bicyclic) bond motifs is 8. The van der Waals surface area contributed by atoms with Crippen molar-refractivity contribution in [2.75, 3.05) is 76.1 Å². The summed E-state index contributed by atoms with van der Waals surface area (Å²) < 4.78 is 12.7. The second-order valence-corrected chi connectivity index (χ2v) is 29.3. The van der Waals surface area contributed by atoms with Crippen molar-refractivity contribution in [3.8, 4) is 46.1 Å². The van der Waals surface area contributed by atoms with Gasteiger partial charge in [-0.3, -0.25) is 58.4 Å². The molecule has 10 aliphatic rings. The number of aryl methyl sites for hydroxylation is 8. The Morgan fingerprint density at radius 2 is 0.862 bits per heavy atom. The fraction of sp³-hybridized carbons (Fsp3) is 0.395.